The Hall–Kier alpha value is -1.06. The van der Waals surface area contributed by atoms with Gasteiger partial charge in [-0.05, 0) is 6.07 Å². The predicted octanol–water partition coefficient (Wildman–Crippen LogP) is 1.73. The summed E-state index contributed by atoms with van der Waals surface area (Å²) in [6, 6.07) is 7.90. The Kier molecular flexibility index (Phi) is 4.59. The average Bonchev–Trinajstić information content (AvgIpc) is 2.25. The Morgan fingerprint density at radius 3 is 2.60 bits per heavy atom. The maximum atomic E-state index is 9.94. The zero-order valence-corrected chi connectivity index (χ0v) is 9.53. The third kappa shape index (κ3) is 3.53. The Balaban J connectivity index is 2.68. The molecule has 0 unspecified atom stereocenters. The predicted molar refractivity (Wildman–Crippen MR) is 61.1 cm³/mol. The van der Waals surface area contributed by atoms with Gasteiger partial charge in [0.25, 0.3) is 0 Å². The summed E-state index contributed by atoms with van der Waals surface area (Å²) in [6.07, 6.45) is -0.524. The molecule has 0 amide bonds. The number of hydrogen-bond donors (Lipinski definition) is 2. The Bertz CT molecular complexity index is 299. The summed E-state index contributed by atoms with van der Waals surface area (Å²) in [5.41, 5.74) is 0.827. The van der Waals surface area contributed by atoms with Gasteiger partial charge in [0.05, 0.1) is 13.2 Å². The number of nitrogens with one attached hydrogen (secondary N) is 1. The normalized spacial score (nSPS) is 12.9. The monoisotopic (exact) mass is 209 g/mol. The van der Waals surface area contributed by atoms with Gasteiger partial charge in [0.1, 0.15) is 5.75 Å². The van der Waals surface area contributed by atoms with Crippen molar-refractivity contribution in [3.05, 3.63) is 29.8 Å². The molecular weight excluding hydrogens is 190 g/mol. The number of methoxy groups -OCH3 is 1. The zero-order chi connectivity index (χ0) is 11.3. The minimum absolute atomic E-state index is 0.370. The number of ether oxygens (including phenoxy) is 1. The van der Waals surface area contributed by atoms with Crippen molar-refractivity contribution in [2.24, 2.45) is 0 Å². The number of aliphatic hydroxyl groups is 1. The molecule has 1 rings (SSSR count). The molecule has 1 atom stereocenters. The lowest BCUT2D eigenvalue weighted by Crippen LogP contribution is -2.28. The summed E-state index contributed by atoms with van der Waals surface area (Å²) >= 11 is 0. The molecule has 0 fully saturated rings. The molecule has 0 heterocycles. The molecule has 0 aromatic heterocycles. The van der Waals surface area contributed by atoms with Crippen molar-refractivity contribution < 1.29 is 9.84 Å². The van der Waals surface area contributed by atoms with Gasteiger partial charge in [0.15, 0.2) is 0 Å². The molecule has 1 aromatic rings. The Morgan fingerprint density at radius 2 is 2.00 bits per heavy atom. The molecule has 0 bridgehead atoms. The van der Waals surface area contributed by atoms with Crippen molar-refractivity contribution in [1.29, 1.82) is 0 Å². The molecule has 0 spiro atoms. The number of hydrogen-bond acceptors (Lipinski definition) is 3. The van der Waals surface area contributed by atoms with Gasteiger partial charge in [0.2, 0.25) is 0 Å². The van der Waals surface area contributed by atoms with Gasteiger partial charge in [0, 0.05) is 18.2 Å². The van der Waals surface area contributed by atoms with Gasteiger partial charge in [-0.3, -0.25) is 0 Å². The molecule has 1 aromatic carbocycles. The van der Waals surface area contributed by atoms with E-state index < -0.39 is 6.10 Å². The highest BCUT2D eigenvalue weighted by Gasteiger charge is 2.12. The molecular formula is C12H19NO2. The molecule has 0 saturated carbocycles. The third-order valence-corrected chi connectivity index (χ3v) is 2.22. The fourth-order valence-corrected chi connectivity index (χ4v) is 1.40. The van der Waals surface area contributed by atoms with E-state index in [0.717, 1.165) is 11.3 Å². The van der Waals surface area contributed by atoms with E-state index in [4.69, 9.17) is 4.74 Å². The molecule has 84 valence electrons. The van der Waals surface area contributed by atoms with Crippen LogP contribution in [0.2, 0.25) is 0 Å². The highest BCUT2D eigenvalue weighted by Crippen LogP contribution is 2.23. The van der Waals surface area contributed by atoms with Gasteiger partial charge in [-0.2, -0.15) is 0 Å². The molecule has 0 aliphatic heterocycles. The summed E-state index contributed by atoms with van der Waals surface area (Å²) in [6.45, 7) is 4.64. The van der Waals surface area contributed by atoms with E-state index in [1.54, 1.807) is 7.11 Å². The first-order chi connectivity index (χ1) is 7.15. The molecule has 3 heteroatoms. The lowest BCUT2D eigenvalue weighted by Gasteiger charge is -2.16. The fourth-order valence-electron chi connectivity index (χ4n) is 1.40. The second-order valence-electron chi connectivity index (χ2n) is 3.82. The van der Waals surface area contributed by atoms with E-state index in [0.29, 0.717) is 12.6 Å². The van der Waals surface area contributed by atoms with Crippen LogP contribution in [-0.2, 0) is 0 Å². The molecule has 0 aliphatic carbocycles. The van der Waals surface area contributed by atoms with Crippen molar-refractivity contribution >= 4 is 0 Å². The summed E-state index contributed by atoms with van der Waals surface area (Å²) in [7, 11) is 1.61. The zero-order valence-electron chi connectivity index (χ0n) is 9.53. The van der Waals surface area contributed by atoms with Gasteiger partial charge in [-0.1, -0.05) is 32.0 Å². The van der Waals surface area contributed by atoms with Crippen LogP contribution in [0.5, 0.6) is 5.75 Å². The number of rotatable bonds is 5. The quantitative estimate of drug-likeness (QED) is 0.776. The topological polar surface area (TPSA) is 41.5 Å². The van der Waals surface area contributed by atoms with E-state index in [-0.39, 0.29) is 0 Å². The number of benzene rings is 1. The van der Waals surface area contributed by atoms with Crippen LogP contribution in [0.15, 0.2) is 24.3 Å². The summed E-state index contributed by atoms with van der Waals surface area (Å²) in [5, 5.41) is 13.1. The number of para-hydroxylation sites is 1. The number of aliphatic hydroxyl groups excluding tert-OH is 1. The van der Waals surface area contributed by atoms with Crippen molar-refractivity contribution in [3.8, 4) is 5.75 Å². The van der Waals surface area contributed by atoms with Gasteiger partial charge in [-0.25, -0.2) is 0 Å². The maximum absolute atomic E-state index is 9.94. The molecule has 2 N–H and O–H groups in total. The van der Waals surface area contributed by atoms with Crippen LogP contribution >= 0.6 is 0 Å². The second kappa shape index (κ2) is 5.73. The summed E-state index contributed by atoms with van der Waals surface area (Å²) in [4.78, 5) is 0. The smallest absolute Gasteiger partial charge is 0.124 e. The first kappa shape index (κ1) is 12.0. The average molecular weight is 209 g/mol. The SMILES string of the molecule is COc1ccccc1[C@H](O)CNC(C)C. The maximum Gasteiger partial charge on any atom is 0.124 e. The molecule has 0 radical (unpaired) electrons. The third-order valence-electron chi connectivity index (χ3n) is 2.22. The Morgan fingerprint density at radius 1 is 1.33 bits per heavy atom. The van der Waals surface area contributed by atoms with Crippen LogP contribution in [0.25, 0.3) is 0 Å². The van der Waals surface area contributed by atoms with E-state index in [9.17, 15) is 5.11 Å². The molecule has 0 saturated heterocycles. The van der Waals surface area contributed by atoms with Crippen LogP contribution in [0.1, 0.15) is 25.5 Å². The highest BCUT2D eigenvalue weighted by atomic mass is 16.5. The minimum Gasteiger partial charge on any atom is -0.496 e. The molecule has 15 heavy (non-hydrogen) atoms. The van der Waals surface area contributed by atoms with Gasteiger partial charge in [-0.15, -0.1) is 0 Å². The van der Waals surface area contributed by atoms with E-state index >= 15 is 0 Å². The first-order valence-corrected chi connectivity index (χ1v) is 5.19. The lowest BCUT2D eigenvalue weighted by atomic mass is 10.1. The molecule has 0 aliphatic rings. The van der Waals surface area contributed by atoms with Crippen LogP contribution in [0, 0.1) is 0 Å². The van der Waals surface area contributed by atoms with Crippen molar-refractivity contribution in [2.75, 3.05) is 13.7 Å². The van der Waals surface area contributed by atoms with Gasteiger partial charge < -0.3 is 15.2 Å². The van der Waals surface area contributed by atoms with Crippen LogP contribution in [-0.4, -0.2) is 24.8 Å². The highest BCUT2D eigenvalue weighted by molar-refractivity contribution is 5.35. The van der Waals surface area contributed by atoms with Gasteiger partial charge >= 0.3 is 0 Å². The minimum atomic E-state index is -0.524. The van der Waals surface area contributed by atoms with E-state index in [2.05, 4.69) is 19.2 Å². The fraction of sp³-hybridized carbons (Fsp3) is 0.500. The van der Waals surface area contributed by atoms with E-state index in [1.807, 2.05) is 24.3 Å². The second-order valence-corrected chi connectivity index (χ2v) is 3.82. The first-order valence-electron chi connectivity index (χ1n) is 5.19. The van der Waals surface area contributed by atoms with E-state index in [1.165, 1.54) is 0 Å². The Labute approximate surface area is 91.1 Å². The van der Waals surface area contributed by atoms with Crippen molar-refractivity contribution in [2.45, 2.75) is 26.0 Å². The molecule has 3 nitrogen and oxygen atoms in total. The van der Waals surface area contributed by atoms with Crippen LogP contribution < -0.4 is 10.1 Å². The lowest BCUT2D eigenvalue weighted by molar-refractivity contribution is 0.167. The van der Waals surface area contributed by atoms with Crippen LogP contribution in [0.3, 0.4) is 0 Å². The summed E-state index contributed by atoms with van der Waals surface area (Å²) < 4.78 is 5.19. The van der Waals surface area contributed by atoms with Crippen molar-refractivity contribution in [1.82, 2.24) is 5.32 Å². The van der Waals surface area contributed by atoms with Crippen LogP contribution in [0.4, 0.5) is 0 Å². The van der Waals surface area contributed by atoms with Crippen molar-refractivity contribution in [3.63, 3.8) is 0 Å². The standard InChI is InChI=1S/C12H19NO2/c1-9(2)13-8-11(14)10-6-4-5-7-12(10)15-3/h4-7,9,11,13-14H,8H2,1-3H3/t11-/m1/s1. The largest absolute Gasteiger partial charge is 0.496 e. The summed E-state index contributed by atoms with van der Waals surface area (Å²) in [5.74, 6) is 0.732.